The van der Waals surface area contributed by atoms with Gasteiger partial charge in [0.25, 0.3) is 0 Å². The van der Waals surface area contributed by atoms with Gasteiger partial charge in [0.15, 0.2) is 0 Å². The van der Waals surface area contributed by atoms with E-state index in [9.17, 15) is 0 Å². The molecule has 0 aliphatic carbocycles. The van der Waals surface area contributed by atoms with Crippen molar-refractivity contribution in [2.45, 2.75) is 13.0 Å². The maximum Gasteiger partial charge on any atom is 0.137 e. The third kappa shape index (κ3) is 2.51. The first-order valence-electron chi connectivity index (χ1n) is 6.02. The van der Waals surface area contributed by atoms with Crippen molar-refractivity contribution < 1.29 is 4.74 Å². The average molecular weight is 242 g/mol. The molecule has 3 heteroatoms. The largest absolute Gasteiger partial charge is 0.495 e. The van der Waals surface area contributed by atoms with Crippen molar-refractivity contribution in [2.75, 3.05) is 14.2 Å². The number of rotatable bonds is 4. The highest BCUT2D eigenvalue weighted by atomic mass is 16.5. The second kappa shape index (κ2) is 5.65. The Balaban J connectivity index is 2.49. The molecule has 1 unspecified atom stereocenters. The molecular weight excluding hydrogens is 224 g/mol. The Morgan fingerprint density at radius 3 is 2.72 bits per heavy atom. The van der Waals surface area contributed by atoms with Crippen molar-refractivity contribution in [3.05, 3.63) is 48.3 Å². The molecule has 0 saturated heterocycles. The van der Waals surface area contributed by atoms with E-state index >= 15 is 0 Å². The molecule has 0 aliphatic heterocycles. The molecule has 1 N–H and O–H groups in total. The number of aromatic nitrogens is 1. The molecule has 0 spiro atoms. The van der Waals surface area contributed by atoms with Crippen molar-refractivity contribution in [2.24, 2.45) is 0 Å². The Labute approximate surface area is 108 Å². The Kier molecular flexibility index (Phi) is 3.95. The highest BCUT2D eigenvalue weighted by Gasteiger charge is 2.10. The van der Waals surface area contributed by atoms with E-state index in [0.717, 1.165) is 11.3 Å². The van der Waals surface area contributed by atoms with Crippen molar-refractivity contribution in [3.8, 4) is 16.9 Å². The Bertz CT molecular complexity index is 525. The van der Waals surface area contributed by atoms with Crippen LogP contribution >= 0.6 is 0 Å². The molecule has 0 aliphatic rings. The normalized spacial score (nSPS) is 12.2. The van der Waals surface area contributed by atoms with Gasteiger partial charge in [0.1, 0.15) is 5.75 Å². The molecule has 0 fully saturated rings. The molecule has 18 heavy (non-hydrogen) atoms. The molecule has 0 bridgehead atoms. The number of hydrogen-bond donors (Lipinski definition) is 1. The van der Waals surface area contributed by atoms with Gasteiger partial charge in [-0.15, -0.1) is 0 Å². The average Bonchev–Trinajstić information content (AvgIpc) is 2.46. The summed E-state index contributed by atoms with van der Waals surface area (Å²) in [5.41, 5.74) is 3.52. The van der Waals surface area contributed by atoms with E-state index in [1.165, 1.54) is 11.1 Å². The molecule has 0 amide bonds. The minimum atomic E-state index is 0.299. The van der Waals surface area contributed by atoms with E-state index in [-0.39, 0.29) is 0 Å². The molecular formula is C15H18N2O. The summed E-state index contributed by atoms with van der Waals surface area (Å²) in [4.78, 5) is 4.21. The van der Waals surface area contributed by atoms with Crippen molar-refractivity contribution in [1.82, 2.24) is 10.3 Å². The van der Waals surface area contributed by atoms with Crippen LogP contribution in [0.2, 0.25) is 0 Å². The van der Waals surface area contributed by atoms with Gasteiger partial charge < -0.3 is 10.1 Å². The van der Waals surface area contributed by atoms with E-state index in [1.807, 2.05) is 25.4 Å². The van der Waals surface area contributed by atoms with Gasteiger partial charge in [-0.1, -0.05) is 24.3 Å². The number of ether oxygens (including phenoxy) is 1. The summed E-state index contributed by atoms with van der Waals surface area (Å²) in [5.74, 6) is 0.777. The minimum Gasteiger partial charge on any atom is -0.495 e. The summed E-state index contributed by atoms with van der Waals surface area (Å²) in [6.07, 6.45) is 3.58. The maximum atomic E-state index is 5.22. The lowest BCUT2D eigenvalue weighted by molar-refractivity contribution is 0.413. The molecule has 3 nitrogen and oxygen atoms in total. The summed E-state index contributed by atoms with van der Waals surface area (Å²) in [6, 6.07) is 10.7. The molecule has 0 saturated carbocycles. The van der Waals surface area contributed by atoms with Crippen LogP contribution in [-0.2, 0) is 0 Å². The van der Waals surface area contributed by atoms with Gasteiger partial charge in [-0.3, -0.25) is 4.98 Å². The topological polar surface area (TPSA) is 34.2 Å². The minimum absolute atomic E-state index is 0.299. The number of nitrogens with zero attached hydrogens (tertiary/aromatic N) is 1. The molecule has 1 aromatic heterocycles. The third-order valence-electron chi connectivity index (χ3n) is 3.12. The van der Waals surface area contributed by atoms with Crippen molar-refractivity contribution in [3.63, 3.8) is 0 Å². The van der Waals surface area contributed by atoms with Gasteiger partial charge in [0, 0.05) is 17.8 Å². The van der Waals surface area contributed by atoms with Gasteiger partial charge in [0.2, 0.25) is 0 Å². The van der Waals surface area contributed by atoms with Crippen molar-refractivity contribution >= 4 is 0 Å². The Hall–Kier alpha value is -1.87. The van der Waals surface area contributed by atoms with Crippen LogP contribution in [0.25, 0.3) is 11.1 Å². The molecule has 0 radical (unpaired) electrons. The lowest BCUT2D eigenvalue weighted by Crippen LogP contribution is -2.13. The van der Waals surface area contributed by atoms with E-state index in [1.54, 1.807) is 13.3 Å². The molecule has 1 heterocycles. The molecule has 1 atom stereocenters. The number of benzene rings is 1. The van der Waals surface area contributed by atoms with E-state index < -0.39 is 0 Å². The van der Waals surface area contributed by atoms with Crippen LogP contribution in [0.15, 0.2) is 42.7 Å². The summed E-state index contributed by atoms with van der Waals surface area (Å²) < 4.78 is 5.22. The lowest BCUT2D eigenvalue weighted by Gasteiger charge is -2.16. The third-order valence-corrected chi connectivity index (χ3v) is 3.12. The predicted molar refractivity (Wildman–Crippen MR) is 73.7 cm³/mol. The van der Waals surface area contributed by atoms with Gasteiger partial charge in [-0.05, 0) is 31.2 Å². The quantitative estimate of drug-likeness (QED) is 0.894. The van der Waals surface area contributed by atoms with Crippen LogP contribution in [0, 0.1) is 0 Å². The lowest BCUT2D eigenvalue weighted by atomic mass is 9.96. The first-order chi connectivity index (χ1) is 8.76. The monoisotopic (exact) mass is 242 g/mol. The molecule has 2 rings (SSSR count). The van der Waals surface area contributed by atoms with Crippen LogP contribution in [-0.4, -0.2) is 19.1 Å². The Morgan fingerprint density at radius 2 is 2.00 bits per heavy atom. The summed E-state index contributed by atoms with van der Waals surface area (Å²) >= 11 is 0. The van der Waals surface area contributed by atoms with Gasteiger partial charge in [0.05, 0.1) is 13.3 Å². The second-order valence-electron chi connectivity index (χ2n) is 4.21. The summed E-state index contributed by atoms with van der Waals surface area (Å²) in [6.45, 7) is 2.15. The van der Waals surface area contributed by atoms with Crippen LogP contribution < -0.4 is 10.1 Å². The number of methoxy groups -OCH3 is 1. The number of nitrogens with one attached hydrogen (secondary N) is 1. The fraction of sp³-hybridized carbons (Fsp3) is 0.267. The van der Waals surface area contributed by atoms with Crippen molar-refractivity contribution in [1.29, 1.82) is 0 Å². The van der Waals surface area contributed by atoms with Crippen LogP contribution in [0.4, 0.5) is 0 Å². The van der Waals surface area contributed by atoms with Crippen LogP contribution in [0.5, 0.6) is 5.75 Å². The van der Waals surface area contributed by atoms with Crippen LogP contribution in [0.1, 0.15) is 18.5 Å². The summed E-state index contributed by atoms with van der Waals surface area (Å²) in [5, 5.41) is 3.27. The smallest absolute Gasteiger partial charge is 0.137 e. The Morgan fingerprint density at radius 1 is 1.22 bits per heavy atom. The maximum absolute atomic E-state index is 5.22. The standard InChI is InChI=1S/C15H18N2O/c1-11(16-2)14-6-4-5-7-15(14)12-8-13(18-3)10-17-9-12/h4-11,16H,1-3H3. The highest BCUT2D eigenvalue weighted by molar-refractivity contribution is 5.68. The van der Waals surface area contributed by atoms with Gasteiger partial charge >= 0.3 is 0 Å². The van der Waals surface area contributed by atoms with Gasteiger partial charge in [-0.2, -0.15) is 0 Å². The van der Waals surface area contributed by atoms with E-state index in [2.05, 4.69) is 35.4 Å². The zero-order valence-corrected chi connectivity index (χ0v) is 11.0. The van der Waals surface area contributed by atoms with E-state index in [0.29, 0.717) is 6.04 Å². The molecule has 2 aromatic rings. The predicted octanol–water partition coefficient (Wildman–Crippen LogP) is 3.04. The number of hydrogen-bond acceptors (Lipinski definition) is 3. The molecule has 94 valence electrons. The van der Waals surface area contributed by atoms with Crippen LogP contribution in [0.3, 0.4) is 0 Å². The highest BCUT2D eigenvalue weighted by Crippen LogP contribution is 2.29. The summed E-state index contributed by atoms with van der Waals surface area (Å²) in [7, 11) is 3.62. The zero-order valence-electron chi connectivity index (χ0n) is 11.0. The first-order valence-corrected chi connectivity index (χ1v) is 6.02. The second-order valence-corrected chi connectivity index (χ2v) is 4.21. The van der Waals surface area contributed by atoms with Gasteiger partial charge in [-0.25, -0.2) is 0 Å². The zero-order chi connectivity index (χ0) is 13.0. The SMILES string of the molecule is CNC(C)c1ccccc1-c1cncc(OC)c1. The van der Waals surface area contributed by atoms with E-state index in [4.69, 9.17) is 4.74 Å². The number of pyridine rings is 1. The molecule has 1 aromatic carbocycles. The fourth-order valence-electron chi connectivity index (χ4n) is 1.97. The fourth-order valence-corrected chi connectivity index (χ4v) is 1.97. The first kappa shape index (κ1) is 12.6.